The predicted molar refractivity (Wildman–Crippen MR) is 55.8 cm³/mol. The molecule has 2 aliphatic rings. The van der Waals surface area contributed by atoms with Crippen molar-refractivity contribution >= 4 is 0 Å². The van der Waals surface area contributed by atoms with E-state index in [4.69, 9.17) is 0 Å². The lowest BCUT2D eigenvalue weighted by molar-refractivity contribution is 0.267. The lowest BCUT2D eigenvalue weighted by Crippen LogP contribution is -2.49. The normalized spacial score (nSPS) is 35.8. The van der Waals surface area contributed by atoms with Crippen molar-refractivity contribution in [3.8, 4) is 0 Å². The van der Waals surface area contributed by atoms with Gasteiger partial charge in [-0.05, 0) is 37.5 Å². The molecule has 2 fully saturated rings. The average molecular weight is 182 g/mol. The maximum atomic E-state index is 3.70. The van der Waals surface area contributed by atoms with E-state index in [1.807, 2.05) is 0 Å². The summed E-state index contributed by atoms with van der Waals surface area (Å²) in [5, 5.41) is 7.02. The van der Waals surface area contributed by atoms with Gasteiger partial charge in [0.05, 0.1) is 0 Å². The van der Waals surface area contributed by atoms with E-state index in [0.29, 0.717) is 0 Å². The molecule has 0 unspecified atom stereocenters. The molecular formula is C11H22N2. The van der Waals surface area contributed by atoms with Crippen LogP contribution in [0.25, 0.3) is 0 Å². The van der Waals surface area contributed by atoms with E-state index < -0.39 is 0 Å². The molecule has 76 valence electrons. The van der Waals surface area contributed by atoms with Crippen LogP contribution < -0.4 is 10.6 Å². The third kappa shape index (κ3) is 2.68. The van der Waals surface area contributed by atoms with Gasteiger partial charge in [0.15, 0.2) is 0 Å². The van der Waals surface area contributed by atoms with Crippen LogP contribution in [0.1, 0.15) is 32.6 Å². The van der Waals surface area contributed by atoms with Gasteiger partial charge in [-0.15, -0.1) is 0 Å². The molecule has 2 heteroatoms. The quantitative estimate of drug-likeness (QED) is 0.689. The fourth-order valence-electron chi connectivity index (χ4n) is 2.29. The summed E-state index contributed by atoms with van der Waals surface area (Å²) in [7, 11) is 0. The summed E-state index contributed by atoms with van der Waals surface area (Å²) in [5.41, 5.74) is 0. The van der Waals surface area contributed by atoms with Crippen molar-refractivity contribution in [3.63, 3.8) is 0 Å². The van der Waals surface area contributed by atoms with Crippen molar-refractivity contribution in [1.29, 1.82) is 0 Å². The van der Waals surface area contributed by atoms with Crippen molar-refractivity contribution in [2.24, 2.45) is 11.8 Å². The third-order valence-corrected chi connectivity index (χ3v) is 3.58. The Morgan fingerprint density at radius 3 is 2.38 bits per heavy atom. The lowest BCUT2D eigenvalue weighted by atomic mass is 9.87. The molecule has 0 amide bonds. The number of rotatable bonds is 3. The zero-order valence-electron chi connectivity index (χ0n) is 8.68. The summed E-state index contributed by atoms with van der Waals surface area (Å²) >= 11 is 0. The second kappa shape index (κ2) is 4.43. The first kappa shape index (κ1) is 9.47. The largest absolute Gasteiger partial charge is 0.316 e. The Kier molecular flexibility index (Phi) is 3.23. The minimum atomic E-state index is 0.830. The Morgan fingerprint density at radius 1 is 1.15 bits per heavy atom. The molecule has 2 nitrogen and oxygen atoms in total. The van der Waals surface area contributed by atoms with Gasteiger partial charge in [0.25, 0.3) is 0 Å². The molecular weight excluding hydrogens is 160 g/mol. The number of hydrogen-bond acceptors (Lipinski definition) is 2. The smallest absolute Gasteiger partial charge is 0.00673 e. The highest BCUT2D eigenvalue weighted by atomic mass is 15.0. The average Bonchev–Trinajstić information content (AvgIpc) is 2.05. The van der Waals surface area contributed by atoms with E-state index >= 15 is 0 Å². The molecule has 0 radical (unpaired) electrons. The fraction of sp³-hybridized carbons (Fsp3) is 1.00. The zero-order valence-corrected chi connectivity index (χ0v) is 8.68. The highest BCUT2D eigenvalue weighted by Crippen LogP contribution is 2.23. The molecule has 2 N–H and O–H groups in total. The molecule has 0 aromatic heterocycles. The van der Waals surface area contributed by atoms with Crippen molar-refractivity contribution in [1.82, 2.24) is 10.6 Å². The first-order chi connectivity index (χ1) is 6.34. The molecule has 2 rings (SSSR count). The van der Waals surface area contributed by atoms with E-state index in [0.717, 1.165) is 17.9 Å². The monoisotopic (exact) mass is 182 g/mol. The van der Waals surface area contributed by atoms with Gasteiger partial charge in [0.1, 0.15) is 0 Å². The van der Waals surface area contributed by atoms with E-state index in [2.05, 4.69) is 17.6 Å². The van der Waals surface area contributed by atoms with E-state index in [-0.39, 0.29) is 0 Å². The molecule has 0 bridgehead atoms. The topological polar surface area (TPSA) is 24.1 Å². The minimum absolute atomic E-state index is 0.830. The van der Waals surface area contributed by atoms with Gasteiger partial charge in [0.2, 0.25) is 0 Å². The molecule has 1 heterocycles. The lowest BCUT2D eigenvalue weighted by Gasteiger charge is -2.32. The Balaban J connectivity index is 1.59. The van der Waals surface area contributed by atoms with E-state index in [9.17, 15) is 0 Å². The number of hydrogen-bond donors (Lipinski definition) is 2. The summed E-state index contributed by atoms with van der Waals surface area (Å²) < 4.78 is 0. The molecule has 1 aliphatic carbocycles. The van der Waals surface area contributed by atoms with Crippen molar-refractivity contribution in [2.45, 2.75) is 38.6 Å². The zero-order chi connectivity index (χ0) is 9.10. The van der Waals surface area contributed by atoms with Gasteiger partial charge in [-0.3, -0.25) is 0 Å². The third-order valence-electron chi connectivity index (χ3n) is 3.58. The van der Waals surface area contributed by atoms with Crippen molar-refractivity contribution in [3.05, 3.63) is 0 Å². The molecule has 0 aromatic carbocycles. The summed E-state index contributed by atoms with van der Waals surface area (Å²) in [6.45, 7) is 6.09. The maximum absolute atomic E-state index is 3.70. The van der Waals surface area contributed by atoms with Crippen LogP contribution in [0.15, 0.2) is 0 Å². The van der Waals surface area contributed by atoms with Gasteiger partial charge < -0.3 is 10.6 Å². The second-order valence-corrected chi connectivity index (χ2v) is 4.89. The Labute approximate surface area is 81.5 Å². The summed E-state index contributed by atoms with van der Waals surface area (Å²) in [6.07, 6.45) is 5.67. The minimum Gasteiger partial charge on any atom is -0.316 e. The highest BCUT2D eigenvalue weighted by molar-refractivity contribution is 4.81. The van der Waals surface area contributed by atoms with Crippen LogP contribution in [0.4, 0.5) is 0 Å². The standard InChI is InChI=1S/C11H22N2/c1-9-2-4-11(5-3-9)13-8-10-6-12-7-10/h9-13H,2-8H2,1H3. The second-order valence-electron chi connectivity index (χ2n) is 4.89. The molecule has 0 aromatic rings. The molecule has 13 heavy (non-hydrogen) atoms. The van der Waals surface area contributed by atoms with E-state index in [1.54, 1.807) is 0 Å². The Hall–Kier alpha value is -0.0800. The molecule has 1 saturated carbocycles. The van der Waals surface area contributed by atoms with Crippen LogP contribution in [0.3, 0.4) is 0 Å². The van der Waals surface area contributed by atoms with Crippen LogP contribution in [-0.2, 0) is 0 Å². The molecule has 0 spiro atoms. The van der Waals surface area contributed by atoms with Gasteiger partial charge in [-0.25, -0.2) is 0 Å². The first-order valence-corrected chi connectivity index (χ1v) is 5.78. The SMILES string of the molecule is CC1CCC(NCC2CNC2)CC1. The molecule has 0 atom stereocenters. The van der Waals surface area contributed by atoms with Crippen molar-refractivity contribution in [2.75, 3.05) is 19.6 Å². The Bertz CT molecular complexity index is 146. The highest BCUT2D eigenvalue weighted by Gasteiger charge is 2.21. The van der Waals surface area contributed by atoms with Crippen LogP contribution in [-0.4, -0.2) is 25.7 Å². The summed E-state index contributed by atoms with van der Waals surface area (Å²) in [5.74, 6) is 1.89. The number of nitrogens with one attached hydrogen (secondary N) is 2. The van der Waals surface area contributed by atoms with Gasteiger partial charge >= 0.3 is 0 Å². The van der Waals surface area contributed by atoms with E-state index in [1.165, 1.54) is 45.3 Å². The summed E-state index contributed by atoms with van der Waals surface area (Å²) in [4.78, 5) is 0. The van der Waals surface area contributed by atoms with Crippen LogP contribution in [0.2, 0.25) is 0 Å². The fourth-order valence-corrected chi connectivity index (χ4v) is 2.29. The predicted octanol–water partition coefficient (Wildman–Crippen LogP) is 1.37. The Morgan fingerprint density at radius 2 is 1.85 bits per heavy atom. The van der Waals surface area contributed by atoms with Gasteiger partial charge in [0, 0.05) is 25.7 Å². The van der Waals surface area contributed by atoms with Crippen LogP contribution >= 0.6 is 0 Å². The molecule has 1 saturated heterocycles. The van der Waals surface area contributed by atoms with Crippen molar-refractivity contribution < 1.29 is 0 Å². The van der Waals surface area contributed by atoms with Gasteiger partial charge in [-0.1, -0.05) is 6.92 Å². The maximum Gasteiger partial charge on any atom is 0.00673 e. The molecule has 1 aliphatic heterocycles. The van der Waals surface area contributed by atoms with Crippen LogP contribution in [0, 0.1) is 11.8 Å². The van der Waals surface area contributed by atoms with Crippen LogP contribution in [0.5, 0.6) is 0 Å². The first-order valence-electron chi connectivity index (χ1n) is 5.78. The summed E-state index contributed by atoms with van der Waals surface area (Å²) in [6, 6.07) is 0.830. The van der Waals surface area contributed by atoms with Gasteiger partial charge in [-0.2, -0.15) is 0 Å².